The Balaban J connectivity index is 1.62. The number of carbonyl (C=O) groups is 3. The Kier molecular flexibility index (Phi) is 14.3. The van der Waals surface area contributed by atoms with Crippen molar-refractivity contribution in [3.8, 4) is 0 Å². The van der Waals surface area contributed by atoms with Gasteiger partial charge in [0.05, 0.1) is 11.8 Å². The van der Waals surface area contributed by atoms with E-state index in [-0.39, 0.29) is 23.6 Å². The van der Waals surface area contributed by atoms with E-state index >= 15 is 0 Å². The number of carbonyl (C=O) groups excluding carboxylic acids is 3. The first kappa shape index (κ1) is 37.5. The summed E-state index contributed by atoms with van der Waals surface area (Å²) in [5.74, 6) is -1.04. The van der Waals surface area contributed by atoms with E-state index in [2.05, 4.69) is 28.1 Å². The standard InChI is InChI=1S/C37H52N4O5S/c1-26(2)23-32(19-22-47(45,46)25-31-15-11-8-12-16-31)38-35(42)33(27(3)4)39-36(43)34(28(5)6)40-37(44)41-20-17-30(18-21-41)24-29-13-9-7-10-14-29/h7-16,19,22-23,27-28,30,32-34H,17-18,20-21,24-25H2,1-6H3,(H,38,42)(H,39,43)(H,40,44)/b22-19+. The SMILES string of the molecule is CC(C)=CC(/C=C/S(=O)(=O)Cc1ccccc1)NC(=O)C(NC(=O)C(NC(=O)N1CCC(Cc2ccccc2)CC1)C(C)C)C(C)C. The van der Waals surface area contributed by atoms with Crippen LogP contribution in [0.2, 0.25) is 0 Å². The molecule has 2 aromatic rings. The van der Waals surface area contributed by atoms with Crippen LogP contribution in [0.5, 0.6) is 0 Å². The number of hydrogen-bond acceptors (Lipinski definition) is 5. The number of sulfone groups is 1. The van der Waals surface area contributed by atoms with Crippen molar-refractivity contribution in [2.45, 2.75) is 84.7 Å². The largest absolute Gasteiger partial charge is 0.345 e. The smallest absolute Gasteiger partial charge is 0.318 e. The lowest BCUT2D eigenvalue weighted by atomic mass is 9.90. The Morgan fingerprint density at radius 1 is 0.787 bits per heavy atom. The van der Waals surface area contributed by atoms with Crippen LogP contribution >= 0.6 is 0 Å². The van der Waals surface area contributed by atoms with Gasteiger partial charge in [-0.2, -0.15) is 0 Å². The quantitative estimate of drug-likeness (QED) is 0.234. The van der Waals surface area contributed by atoms with Crippen LogP contribution in [0.15, 0.2) is 83.8 Å². The fourth-order valence-electron chi connectivity index (χ4n) is 5.64. The van der Waals surface area contributed by atoms with Gasteiger partial charge in [-0.25, -0.2) is 13.2 Å². The van der Waals surface area contributed by atoms with Crippen molar-refractivity contribution < 1.29 is 22.8 Å². The molecular weight excluding hydrogens is 612 g/mol. The second kappa shape index (κ2) is 17.8. The molecule has 1 saturated heterocycles. The van der Waals surface area contributed by atoms with E-state index in [9.17, 15) is 22.8 Å². The number of piperidine rings is 1. The third-order valence-electron chi connectivity index (χ3n) is 8.27. The minimum Gasteiger partial charge on any atom is -0.345 e. The van der Waals surface area contributed by atoms with Crippen molar-refractivity contribution in [1.82, 2.24) is 20.9 Å². The molecule has 0 bridgehead atoms. The molecule has 3 rings (SSSR count). The monoisotopic (exact) mass is 664 g/mol. The van der Waals surface area contributed by atoms with Gasteiger partial charge in [0.2, 0.25) is 11.8 Å². The zero-order chi connectivity index (χ0) is 34.6. The summed E-state index contributed by atoms with van der Waals surface area (Å²) in [5, 5.41) is 9.77. The zero-order valence-corrected chi connectivity index (χ0v) is 29.4. The van der Waals surface area contributed by atoms with Crippen LogP contribution in [0.25, 0.3) is 0 Å². The molecule has 3 unspecified atom stereocenters. The number of benzene rings is 2. The van der Waals surface area contributed by atoms with Gasteiger partial charge in [0.15, 0.2) is 9.84 Å². The lowest BCUT2D eigenvalue weighted by Gasteiger charge is -2.34. The minimum absolute atomic E-state index is 0.154. The highest BCUT2D eigenvalue weighted by Crippen LogP contribution is 2.22. The number of urea groups is 1. The molecule has 9 nitrogen and oxygen atoms in total. The number of rotatable bonds is 14. The molecule has 1 aliphatic heterocycles. The summed E-state index contributed by atoms with van der Waals surface area (Å²) in [7, 11) is -3.59. The van der Waals surface area contributed by atoms with Gasteiger partial charge < -0.3 is 20.9 Å². The maximum atomic E-state index is 13.5. The van der Waals surface area contributed by atoms with E-state index in [1.54, 1.807) is 35.2 Å². The number of nitrogens with zero attached hydrogens (tertiary/aromatic N) is 1. The van der Waals surface area contributed by atoms with Crippen LogP contribution in [0.4, 0.5) is 4.79 Å². The molecule has 10 heteroatoms. The van der Waals surface area contributed by atoms with Crippen molar-refractivity contribution in [1.29, 1.82) is 0 Å². The fourth-order valence-corrected chi connectivity index (χ4v) is 6.80. The Labute approximate surface area is 281 Å². The number of allylic oxidation sites excluding steroid dienone is 1. The van der Waals surface area contributed by atoms with E-state index in [0.29, 0.717) is 24.6 Å². The molecule has 3 atom stereocenters. The molecule has 0 aromatic heterocycles. The predicted molar refractivity (Wildman–Crippen MR) is 188 cm³/mol. The van der Waals surface area contributed by atoms with Gasteiger partial charge in [-0.05, 0) is 68.1 Å². The van der Waals surface area contributed by atoms with Gasteiger partial charge >= 0.3 is 6.03 Å². The molecule has 1 fully saturated rings. The van der Waals surface area contributed by atoms with Gasteiger partial charge in [0.25, 0.3) is 0 Å². The van der Waals surface area contributed by atoms with Crippen molar-refractivity contribution in [2.75, 3.05) is 13.1 Å². The summed E-state index contributed by atoms with van der Waals surface area (Å²) in [5.41, 5.74) is 2.85. The van der Waals surface area contributed by atoms with Gasteiger partial charge in [-0.15, -0.1) is 0 Å². The van der Waals surface area contributed by atoms with Crippen molar-refractivity contribution in [3.05, 3.63) is 94.9 Å². The van der Waals surface area contributed by atoms with Gasteiger partial charge in [0, 0.05) is 18.5 Å². The Bertz CT molecular complexity index is 1480. The first-order valence-electron chi connectivity index (χ1n) is 16.5. The van der Waals surface area contributed by atoms with Crippen LogP contribution in [0.1, 0.15) is 65.5 Å². The predicted octanol–water partition coefficient (Wildman–Crippen LogP) is 5.40. The molecule has 0 radical (unpaired) electrons. The molecule has 4 amide bonds. The van der Waals surface area contributed by atoms with Gasteiger partial charge in [-0.1, -0.05) is 100 Å². The van der Waals surface area contributed by atoms with E-state index in [0.717, 1.165) is 30.2 Å². The van der Waals surface area contributed by atoms with Crippen LogP contribution in [0.3, 0.4) is 0 Å². The van der Waals surface area contributed by atoms with E-state index in [4.69, 9.17) is 0 Å². The number of nitrogens with one attached hydrogen (secondary N) is 3. The second-order valence-electron chi connectivity index (χ2n) is 13.4. The van der Waals surface area contributed by atoms with Crippen molar-refractivity contribution in [3.63, 3.8) is 0 Å². The topological polar surface area (TPSA) is 125 Å². The zero-order valence-electron chi connectivity index (χ0n) is 28.6. The highest BCUT2D eigenvalue weighted by molar-refractivity contribution is 7.93. The molecule has 0 aliphatic carbocycles. The fraction of sp³-hybridized carbons (Fsp3) is 0.486. The second-order valence-corrected chi connectivity index (χ2v) is 15.3. The molecule has 1 aliphatic rings. The average molecular weight is 665 g/mol. The number of hydrogen-bond donors (Lipinski definition) is 3. The first-order valence-corrected chi connectivity index (χ1v) is 18.3. The highest BCUT2D eigenvalue weighted by atomic mass is 32.2. The molecule has 256 valence electrons. The summed E-state index contributed by atoms with van der Waals surface area (Å²) in [6.45, 7) is 12.3. The third kappa shape index (κ3) is 12.7. The highest BCUT2D eigenvalue weighted by Gasteiger charge is 2.32. The molecule has 1 heterocycles. The summed E-state index contributed by atoms with van der Waals surface area (Å²) in [6.07, 6.45) is 5.98. The summed E-state index contributed by atoms with van der Waals surface area (Å²) >= 11 is 0. The minimum atomic E-state index is -3.59. The molecule has 0 spiro atoms. The van der Waals surface area contributed by atoms with Crippen LogP contribution in [-0.2, 0) is 31.6 Å². The van der Waals surface area contributed by atoms with Crippen LogP contribution in [0, 0.1) is 17.8 Å². The third-order valence-corrected chi connectivity index (χ3v) is 9.58. The summed E-state index contributed by atoms with van der Waals surface area (Å²) < 4.78 is 25.6. The molecular formula is C37H52N4O5S. The Morgan fingerprint density at radius 3 is 1.83 bits per heavy atom. The first-order chi connectivity index (χ1) is 22.2. The normalized spacial score (nSPS) is 16.0. The molecule has 2 aromatic carbocycles. The van der Waals surface area contributed by atoms with E-state index < -0.39 is 39.8 Å². The lowest BCUT2D eigenvalue weighted by molar-refractivity contribution is -0.131. The van der Waals surface area contributed by atoms with Gasteiger partial charge in [-0.3, -0.25) is 9.59 Å². The van der Waals surface area contributed by atoms with Crippen LogP contribution in [-0.4, -0.2) is 62.4 Å². The summed E-state index contributed by atoms with van der Waals surface area (Å²) in [6, 6.07) is 16.5. The number of likely N-dealkylation sites (tertiary alicyclic amines) is 1. The lowest BCUT2D eigenvalue weighted by Crippen LogP contribution is -2.59. The average Bonchev–Trinajstić information content (AvgIpc) is 3.01. The molecule has 47 heavy (non-hydrogen) atoms. The number of amides is 4. The van der Waals surface area contributed by atoms with E-state index in [1.165, 1.54) is 11.6 Å². The maximum absolute atomic E-state index is 13.5. The summed E-state index contributed by atoms with van der Waals surface area (Å²) in [4.78, 5) is 42.1. The Morgan fingerprint density at radius 2 is 1.30 bits per heavy atom. The molecule has 3 N–H and O–H groups in total. The van der Waals surface area contributed by atoms with Crippen molar-refractivity contribution in [2.24, 2.45) is 17.8 Å². The molecule has 0 saturated carbocycles. The van der Waals surface area contributed by atoms with E-state index in [1.807, 2.05) is 65.8 Å². The van der Waals surface area contributed by atoms with Crippen LogP contribution < -0.4 is 16.0 Å². The Hall–Kier alpha value is -3.92. The van der Waals surface area contributed by atoms with Gasteiger partial charge in [0.1, 0.15) is 12.1 Å². The van der Waals surface area contributed by atoms with Crippen molar-refractivity contribution >= 4 is 27.7 Å². The maximum Gasteiger partial charge on any atom is 0.318 e.